The number of aryl methyl sites for hydroxylation is 1. The maximum atomic E-state index is 5.79. The summed E-state index contributed by atoms with van der Waals surface area (Å²) in [5.74, 6) is 1.06. The molecule has 1 N–H and O–H groups in total. The number of rotatable bonds is 7. The van der Waals surface area contributed by atoms with Gasteiger partial charge in [0.15, 0.2) is 0 Å². The molecule has 1 heterocycles. The molecule has 6 heteroatoms. The summed E-state index contributed by atoms with van der Waals surface area (Å²) in [7, 11) is 0. The van der Waals surface area contributed by atoms with Gasteiger partial charge < -0.3 is 14.5 Å². The van der Waals surface area contributed by atoms with E-state index in [9.17, 15) is 0 Å². The Bertz CT molecular complexity index is 340. The highest BCUT2D eigenvalue weighted by Crippen LogP contribution is 2.19. The third kappa shape index (κ3) is 4.46. The van der Waals surface area contributed by atoms with Crippen LogP contribution in [0.15, 0.2) is 4.42 Å². The van der Waals surface area contributed by atoms with Crippen LogP contribution in [0, 0.1) is 0 Å². The Morgan fingerprint density at radius 3 is 2.89 bits per heavy atom. The van der Waals surface area contributed by atoms with E-state index in [0.717, 1.165) is 0 Å². The third-order valence-electron chi connectivity index (χ3n) is 3.06. The van der Waals surface area contributed by atoms with Crippen molar-refractivity contribution in [1.29, 1.82) is 0 Å². The number of anilines is 1. The van der Waals surface area contributed by atoms with Gasteiger partial charge in [-0.2, -0.15) is 0 Å². The first-order valence-electron chi connectivity index (χ1n) is 6.62. The number of alkyl halides is 1. The van der Waals surface area contributed by atoms with Crippen LogP contribution in [0.4, 0.5) is 6.01 Å². The van der Waals surface area contributed by atoms with Crippen LogP contribution in [-0.2, 0) is 11.2 Å². The fraction of sp³-hybridized carbons (Fsp3) is 0.833. The van der Waals surface area contributed by atoms with Gasteiger partial charge in [0.05, 0.1) is 12.7 Å². The Morgan fingerprint density at radius 1 is 1.28 bits per heavy atom. The van der Waals surface area contributed by atoms with Crippen LogP contribution in [0.25, 0.3) is 0 Å². The molecule has 1 aromatic heterocycles. The van der Waals surface area contributed by atoms with Crippen molar-refractivity contribution in [3.05, 3.63) is 5.89 Å². The zero-order valence-corrected chi connectivity index (χ0v) is 11.3. The first-order valence-corrected chi connectivity index (χ1v) is 7.16. The minimum atomic E-state index is 0.440. The standard InChI is InChI=1S/C12H20ClN3O2/c13-7-6-11-15-16-12(18-11)14-8-9-17-10-4-2-1-3-5-10/h10H,1-9H2,(H,14,16). The van der Waals surface area contributed by atoms with E-state index in [-0.39, 0.29) is 0 Å². The topological polar surface area (TPSA) is 60.2 Å². The largest absolute Gasteiger partial charge is 0.408 e. The second kappa shape index (κ2) is 7.59. The number of aromatic nitrogens is 2. The normalized spacial score (nSPS) is 16.9. The lowest BCUT2D eigenvalue weighted by Gasteiger charge is -2.21. The lowest BCUT2D eigenvalue weighted by molar-refractivity contribution is 0.0346. The van der Waals surface area contributed by atoms with Gasteiger partial charge in [-0.3, -0.25) is 0 Å². The first-order chi connectivity index (χ1) is 8.88. The molecule has 1 saturated carbocycles. The summed E-state index contributed by atoms with van der Waals surface area (Å²) in [4.78, 5) is 0. The molecule has 1 aromatic rings. The maximum Gasteiger partial charge on any atom is 0.315 e. The molecule has 0 radical (unpaired) electrons. The average Bonchev–Trinajstić information content (AvgIpc) is 2.84. The first kappa shape index (κ1) is 13.6. The van der Waals surface area contributed by atoms with Gasteiger partial charge in [0, 0.05) is 18.8 Å². The van der Waals surface area contributed by atoms with Gasteiger partial charge >= 0.3 is 6.01 Å². The van der Waals surface area contributed by atoms with E-state index in [2.05, 4.69) is 15.5 Å². The highest BCUT2D eigenvalue weighted by Gasteiger charge is 2.13. The molecule has 1 aliphatic rings. The van der Waals surface area contributed by atoms with Crippen LogP contribution >= 0.6 is 11.6 Å². The van der Waals surface area contributed by atoms with Crippen molar-refractivity contribution in [2.24, 2.45) is 0 Å². The van der Waals surface area contributed by atoms with E-state index in [4.69, 9.17) is 20.8 Å². The molecule has 0 aromatic carbocycles. The molecule has 102 valence electrons. The van der Waals surface area contributed by atoms with Gasteiger partial charge in [0.2, 0.25) is 5.89 Å². The summed E-state index contributed by atoms with van der Waals surface area (Å²) in [5.41, 5.74) is 0. The Kier molecular flexibility index (Phi) is 5.74. The minimum absolute atomic E-state index is 0.440. The Balaban J connectivity index is 1.59. The number of hydrogen-bond donors (Lipinski definition) is 1. The molecule has 18 heavy (non-hydrogen) atoms. The fourth-order valence-corrected chi connectivity index (χ4v) is 2.28. The molecule has 1 aliphatic carbocycles. The van der Waals surface area contributed by atoms with Gasteiger partial charge in [-0.25, -0.2) is 0 Å². The zero-order chi connectivity index (χ0) is 12.6. The molecule has 0 bridgehead atoms. The molecule has 0 unspecified atom stereocenters. The zero-order valence-electron chi connectivity index (χ0n) is 10.5. The van der Waals surface area contributed by atoms with Crippen molar-refractivity contribution in [3.63, 3.8) is 0 Å². The summed E-state index contributed by atoms with van der Waals surface area (Å²) in [6.45, 7) is 1.37. The maximum absolute atomic E-state index is 5.79. The Morgan fingerprint density at radius 2 is 2.11 bits per heavy atom. The van der Waals surface area contributed by atoms with Gasteiger partial charge in [-0.1, -0.05) is 24.4 Å². The number of ether oxygens (including phenoxy) is 1. The van der Waals surface area contributed by atoms with Crippen LogP contribution in [0.1, 0.15) is 38.0 Å². The van der Waals surface area contributed by atoms with Crippen molar-refractivity contribution in [1.82, 2.24) is 10.2 Å². The lowest BCUT2D eigenvalue weighted by atomic mass is 9.98. The van der Waals surface area contributed by atoms with Crippen LogP contribution in [0.3, 0.4) is 0 Å². The van der Waals surface area contributed by atoms with Gasteiger partial charge in [0.25, 0.3) is 0 Å². The quantitative estimate of drug-likeness (QED) is 0.611. The third-order valence-corrected chi connectivity index (χ3v) is 3.25. The predicted molar refractivity (Wildman–Crippen MR) is 70.0 cm³/mol. The van der Waals surface area contributed by atoms with Crippen molar-refractivity contribution in [2.45, 2.75) is 44.6 Å². The smallest absolute Gasteiger partial charge is 0.315 e. The summed E-state index contributed by atoms with van der Waals surface area (Å²) in [6, 6.07) is 0.447. The van der Waals surface area contributed by atoms with Crippen molar-refractivity contribution in [2.75, 3.05) is 24.3 Å². The minimum Gasteiger partial charge on any atom is -0.408 e. The molecule has 0 spiro atoms. The van der Waals surface area contributed by atoms with Gasteiger partial charge in [0.1, 0.15) is 0 Å². The van der Waals surface area contributed by atoms with Crippen molar-refractivity contribution in [3.8, 4) is 0 Å². The highest BCUT2D eigenvalue weighted by atomic mass is 35.5. The van der Waals surface area contributed by atoms with Crippen molar-refractivity contribution < 1.29 is 9.15 Å². The molecule has 1 fully saturated rings. The number of nitrogens with one attached hydrogen (secondary N) is 1. The monoisotopic (exact) mass is 273 g/mol. The number of nitrogens with zero attached hydrogens (tertiary/aromatic N) is 2. The summed E-state index contributed by atoms with van der Waals surface area (Å²) in [5, 5.41) is 10.8. The van der Waals surface area contributed by atoms with E-state index >= 15 is 0 Å². The second-order valence-electron chi connectivity index (χ2n) is 4.50. The molecule has 0 atom stereocenters. The van der Waals surface area contributed by atoms with Gasteiger partial charge in [-0.05, 0) is 12.8 Å². The van der Waals surface area contributed by atoms with Crippen LogP contribution in [0.2, 0.25) is 0 Å². The van der Waals surface area contributed by atoms with Crippen LogP contribution < -0.4 is 5.32 Å². The second-order valence-corrected chi connectivity index (χ2v) is 4.88. The highest BCUT2D eigenvalue weighted by molar-refractivity contribution is 6.17. The summed E-state index contributed by atoms with van der Waals surface area (Å²) >= 11 is 5.59. The Hall–Kier alpha value is -0.810. The van der Waals surface area contributed by atoms with E-state index in [1.165, 1.54) is 32.1 Å². The van der Waals surface area contributed by atoms with E-state index in [1.54, 1.807) is 0 Å². The van der Waals surface area contributed by atoms with E-state index in [0.29, 0.717) is 43.5 Å². The van der Waals surface area contributed by atoms with Gasteiger partial charge in [-0.15, -0.1) is 16.7 Å². The molecule has 2 rings (SSSR count). The molecule has 0 saturated heterocycles. The molecule has 0 amide bonds. The molecule has 0 aliphatic heterocycles. The summed E-state index contributed by atoms with van der Waals surface area (Å²) in [6.07, 6.45) is 7.38. The fourth-order valence-electron chi connectivity index (χ4n) is 2.12. The predicted octanol–water partition coefficient (Wildman–Crippen LogP) is 2.61. The van der Waals surface area contributed by atoms with E-state index < -0.39 is 0 Å². The Labute approximate surface area is 112 Å². The molecular formula is C12H20ClN3O2. The SMILES string of the molecule is ClCCc1nnc(NCCOC2CCCCC2)o1. The molecular weight excluding hydrogens is 254 g/mol. The number of hydrogen-bond acceptors (Lipinski definition) is 5. The lowest BCUT2D eigenvalue weighted by Crippen LogP contribution is -2.20. The number of halogens is 1. The van der Waals surface area contributed by atoms with Crippen LogP contribution in [0.5, 0.6) is 0 Å². The van der Waals surface area contributed by atoms with E-state index in [1.807, 2.05) is 0 Å². The van der Waals surface area contributed by atoms with Crippen molar-refractivity contribution >= 4 is 17.6 Å². The molecule has 5 nitrogen and oxygen atoms in total. The van der Waals surface area contributed by atoms with Crippen LogP contribution in [-0.4, -0.2) is 35.3 Å². The summed E-state index contributed by atoms with van der Waals surface area (Å²) < 4.78 is 11.1. The average molecular weight is 274 g/mol.